The number of hydrogen-bond acceptors (Lipinski definition) is 6. The lowest BCUT2D eigenvalue weighted by Crippen LogP contribution is -2.16. The maximum Gasteiger partial charge on any atom is 0.203 e. The molecule has 3 heterocycles. The number of aryl methyl sites for hydroxylation is 3. The van der Waals surface area contributed by atoms with Crippen molar-refractivity contribution in [3.63, 3.8) is 0 Å². The van der Waals surface area contributed by atoms with Crippen molar-refractivity contribution in [3.05, 3.63) is 76.6 Å². The lowest BCUT2D eigenvalue weighted by atomic mass is 10.1. The van der Waals surface area contributed by atoms with Gasteiger partial charge in [0.05, 0.1) is 30.7 Å². The van der Waals surface area contributed by atoms with Crippen molar-refractivity contribution < 1.29 is 9.47 Å². The van der Waals surface area contributed by atoms with E-state index in [0.29, 0.717) is 37.5 Å². The van der Waals surface area contributed by atoms with Gasteiger partial charge in [0.2, 0.25) is 5.43 Å². The Morgan fingerprint density at radius 3 is 2.77 bits per heavy atom. The summed E-state index contributed by atoms with van der Waals surface area (Å²) in [5.74, 6) is 0.709. The van der Waals surface area contributed by atoms with Crippen LogP contribution in [0.3, 0.4) is 0 Å². The predicted octanol–water partition coefficient (Wildman–Crippen LogP) is 2.32. The zero-order valence-corrected chi connectivity index (χ0v) is 17.0. The van der Waals surface area contributed by atoms with E-state index >= 15 is 0 Å². The number of ether oxygens (including phenoxy) is 2. The number of fused-ring (bicyclic) bond motifs is 1. The lowest BCUT2D eigenvalue weighted by Gasteiger charge is -2.08. The second-order valence-corrected chi connectivity index (χ2v) is 6.98. The van der Waals surface area contributed by atoms with Crippen LogP contribution in [0, 0.1) is 0 Å². The standard InChI is InChI=1S/C22H23N5O3/c1-26-15-18(13-24-26)27-8-7-22(28)21(25-27)6-4-16-3-5-20-17(11-16)12-19(14-23-20)30-10-9-29-2/h3,5,7-8,11-15H,4,6,9-10H2,1-2H3. The van der Waals surface area contributed by atoms with E-state index in [9.17, 15) is 4.79 Å². The van der Waals surface area contributed by atoms with E-state index in [4.69, 9.17) is 9.47 Å². The van der Waals surface area contributed by atoms with Crippen LogP contribution in [-0.2, 0) is 24.6 Å². The summed E-state index contributed by atoms with van der Waals surface area (Å²) in [6.07, 6.45) is 8.18. The predicted molar refractivity (Wildman–Crippen MR) is 113 cm³/mol. The SMILES string of the molecule is COCCOc1cnc2ccc(CCc3nn(-c4cnn(C)c4)ccc3=O)cc2c1. The molecular weight excluding hydrogens is 382 g/mol. The van der Waals surface area contributed by atoms with Gasteiger partial charge in [-0.15, -0.1) is 0 Å². The van der Waals surface area contributed by atoms with E-state index in [0.717, 1.165) is 22.2 Å². The summed E-state index contributed by atoms with van der Waals surface area (Å²) >= 11 is 0. The van der Waals surface area contributed by atoms with Gasteiger partial charge in [0.15, 0.2) is 0 Å². The second kappa shape index (κ2) is 8.87. The molecule has 30 heavy (non-hydrogen) atoms. The highest BCUT2D eigenvalue weighted by Crippen LogP contribution is 2.20. The number of pyridine rings is 1. The largest absolute Gasteiger partial charge is 0.490 e. The quantitative estimate of drug-likeness (QED) is 0.418. The highest BCUT2D eigenvalue weighted by Gasteiger charge is 2.07. The van der Waals surface area contributed by atoms with E-state index in [2.05, 4.69) is 21.2 Å². The van der Waals surface area contributed by atoms with Gasteiger partial charge in [0.25, 0.3) is 0 Å². The van der Waals surface area contributed by atoms with E-state index < -0.39 is 0 Å². The van der Waals surface area contributed by atoms with Crippen LogP contribution in [0.1, 0.15) is 11.3 Å². The van der Waals surface area contributed by atoms with Gasteiger partial charge in [-0.05, 0) is 36.6 Å². The van der Waals surface area contributed by atoms with Crippen LogP contribution < -0.4 is 10.2 Å². The summed E-state index contributed by atoms with van der Waals surface area (Å²) < 4.78 is 14.0. The van der Waals surface area contributed by atoms with Gasteiger partial charge < -0.3 is 9.47 Å². The molecule has 8 heteroatoms. The van der Waals surface area contributed by atoms with Gasteiger partial charge in [-0.25, -0.2) is 4.68 Å². The van der Waals surface area contributed by atoms with Crippen LogP contribution in [0.2, 0.25) is 0 Å². The molecule has 1 aromatic carbocycles. The molecule has 4 rings (SSSR count). The van der Waals surface area contributed by atoms with Gasteiger partial charge >= 0.3 is 0 Å². The molecular formula is C22H23N5O3. The average molecular weight is 405 g/mol. The molecule has 0 saturated heterocycles. The van der Waals surface area contributed by atoms with Gasteiger partial charge in [0.1, 0.15) is 23.7 Å². The molecule has 4 aromatic rings. The van der Waals surface area contributed by atoms with Crippen molar-refractivity contribution in [1.29, 1.82) is 0 Å². The second-order valence-electron chi connectivity index (χ2n) is 6.98. The number of benzene rings is 1. The normalized spacial score (nSPS) is 11.1. The molecule has 0 aliphatic rings. The Morgan fingerprint density at radius 2 is 1.97 bits per heavy atom. The zero-order chi connectivity index (χ0) is 20.9. The number of rotatable bonds is 8. The van der Waals surface area contributed by atoms with Gasteiger partial charge in [-0.2, -0.15) is 10.2 Å². The minimum Gasteiger partial charge on any atom is -0.490 e. The first kappa shape index (κ1) is 19.8. The van der Waals surface area contributed by atoms with Crippen LogP contribution in [0.15, 0.2) is 59.9 Å². The number of aromatic nitrogens is 5. The molecule has 0 amide bonds. The molecule has 8 nitrogen and oxygen atoms in total. The van der Waals surface area contributed by atoms with Crippen molar-refractivity contribution in [2.45, 2.75) is 12.8 Å². The number of nitrogens with zero attached hydrogens (tertiary/aromatic N) is 5. The fourth-order valence-electron chi connectivity index (χ4n) is 3.19. The van der Waals surface area contributed by atoms with Crippen LogP contribution >= 0.6 is 0 Å². The molecule has 0 fully saturated rings. The molecule has 0 aliphatic carbocycles. The first-order valence-corrected chi connectivity index (χ1v) is 9.71. The molecule has 0 aliphatic heterocycles. The van der Waals surface area contributed by atoms with E-state index in [1.165, 1.54) is 0 Å². The first-order valence-electron chi connectivity index (χ1n) is 9.71. The smallest absolute Gasteiger partial charge is 0.203 e. The van der Waals surface area contributed by atoms with Crippen molar-refractivity contribution in [1.82, 2.24) is 24.5 Å². The van der Waals surface area contributed by atoms with E-state index in [-0.39, 0.29) is 5.43 Å². The Labute approximate surface area is 173 Å². The summed E-state index contributed by atoms with van der Waals surface area (Å²) in [6.45, 7) is 1.00. The van der Waals surface area contributed by atoms with Crippen LogP contribution in [-0.4, -0.2) is 44.9 Å². The number of methoxy groups -OCH3 is 1. The molecule has 0 spiro atoms. The Kier molecular flexibility index (Phi) is 5.85. The summed E-state index contributed by atoms with van der Waals surface area (Å²) in [5, 5.41) is 9.65. The highest BCUT2D eigenvalue weighted by atomic mass is 16.5. The Balaban J connectivity index is 1.51. The molecule has 0 atom stereocenters. The first-order chi connectivity index (χ1) is 14.6. The summed E-state index contributed by atoms with van der Waals surface area (Å²) in [6, 6.07) is 9.61. The maximum atomic E-state index is 12.3. The Bertz CT molecular complexity index is 1210. The van der Waals surface area contributed by atoms with Crippen LogP contribution in [0.4, 0.5) is 0 Å². The average Bonchev–Trinajstić information content (AvgIpc) is 3.19. The van der Waals surface area contributed by atoms with Gasteiger partial charge in [-0.1, -0.05) is 6.07 Å². The summed E-state index contributed by atoms with van der Waals surface area (Å²) in [5.41, 5.74) is 3.28. The minimum atomic E-state index is -0.0635. The van der Waals surface area contributed by atoms with Crippen LogP contribution in [0.5, 0.6) is 5.75 Å². The van der Waals surface area contributed by atoms with Gasteiger partial charge in [0, 0.05) is 31.8 Å². The lowest BCUT2D eigenvalue weighted by molar-refractivity contribution is 0.146. The van der Waals surface area contributed by atoms with E-state index in [1.807, 2.05) is 31.4 Å². The fourth-order valence-corrected chi connectivity index (χ4v) is 3.19. The van der Waals surface area contributed by atoms with Crippen molar-refractivity contribution in [2.24, 2.45) is 7.05 Å². The number of hydrogen-bond donors (Lipinski definition) is 0. The third-order valence-electron chi connectivity index (χ3n) is 4.76. The molecule has 0 bridgehead atoms. The van der Waals surface area contributed by atoms with Crippen molar-refractivity contribution in [3.8, 4) is 11.4 Å². The summed E-state index contributed by atoms with van der Waals surface area (Å²) in [4.78, 5) is 16.7. The minimum absolute atomic E-state index is 0.0635. The topological polar surface area (TPSA) is 84.1 Å². The molecule has 0 N–H and O–H groups in total. The molecule has 0 radical (unpaired) electrons. The molecule has 3 aromatic heterocycles. The highest BCUT2D eigenvalue weighted by molar-refractivity contribution is 5.80. The zero-order valence-electron chi connectivity index (χ0n) is 17.0. The fraction of sp³-hybridized carbons (Fsp3) is 0.273. The van der Waals surface area contributed by atoms with Gasteiger partial charge in [-0.3, -0.25) is 14.5 Å². The molecule has 0 unspecified atom stereocenters. The maximum absolute atomic E-state index is 12.3. The summed E-state index contributed by atoms with van der Waals surface area (Å²) in [7, 11) is 3.48. The Morgan fingerprint density at radius 1 is 1.07 bits per heavy atom. The monoisotopic (exact) mass is 405 g/mol. The third kappa shape index (κ3) is 4.55. The third-order valence-corrected chi connectivity index (χ3v) is 4.76. The van der Waals surface area contributed by atoms with Crippen molar-refractivity contribution >= 4 is 10.9 Å². The van der Waals surface area contributed by atoms with Crippen LogP contribution in [0.25, 0.3) is 16.6 Å². The molecule has 154 valence electrons. The van der Waals surface area contributed by atoms with Crippen molar-refractivity contribution in [2.75, 3.05) is 20.3 Å². The molecule has 0 saturated carbocycles. The van der Waals surface area contributed by atoms with E-state index in [1.54, 1.807) is 41.1 Å². The Hall–Kier alpha value is -3.52.